The minimum Gasteiger partial charge on any atom is -0.490 e. The van der Waals surface area contributed by atoms with Gasteiger partial charge in [-0.25, -0.2) is 0 Å². The van der Waals surface area contributed by atoms with Crippen LogP contribution in [0.1, 0.15) is 94.9 Å². The van der Waals surface area contributed by atoms with Crippen molar-refractivity contribution >= 4 is 31.9 Å². The first-order valence-electron chi connectivity index (χ1n) is 20.4. The van der Waals surface area contributed by atoms with E-state index in [2.05, 4.69) is 13.8 Å². The van der Waals surface area contributed by atoms with Crippen molar-refractivity contribution in [2.75, 3.05) is 0 Å². The van der Waals surface area contributed by atoms with E-state index in [4.69, 9.17) is 23.4 Å². The van der Waals surface area contributed by atoms with Crippen LogP contribution in [0, 0.1) is 33.8 Å². The monoisotopic (exact) mass is 815 g/mol. The summed E-state index contributed by atoms with van der Waals surface area (Å²) in [5.74, 6) is -4.17. The molecule has 13 nitrogen and oxygen atoms in total. The minimum absolute atomic E-state index is 0.00787. The molecule has 3 rings (SSSR count). The highest BCUT2D eigenvalue weighted by atomic mass is 28.4. The number of carbonyl (C=O) groups excluding carboxylic acids is 2. The molecule has 0 spiro atoms. The maximum Gasteiger partial charge on any atom is 0.323 e. The zero-order valence-electron chi connectivity index (χ0n) is 35.3. The number of hydrogen-bond acceptors (Lipinski definition) is 11. The molecule has 1 aromatic carbocycles. The summed E-state index contributed by atoms with van der Waals surface area (Å²) in [6, 6.07) is 8.26. The minimum atomic E-state index is -2.44. The zero-order chi connectivity index (χ0) is 42.7. The van der Waals surface area contributed by atoms with Gasteiger partial charge in [0.2, 0.25) is 0 Å². The third kappa shape index (κ3) is 13.3. The largest absolute Gasteiger partial charge is 0.490 e. The number of benzene rings is 1. The van der Waals surface area contributed by atoms with Crippen LogP contribution in [0.4, 0.5) is 5.69 Å². The summed E-state index contributed by atoms with van der Waals surface area (Å²) in [5.41, 5.74) is -0.904. The predicted molar refractivity (Wildman–Crippen MR) is 219 cm³/mol. The summed E-state index contributed by atoms with van der Waals surface area (Å²) in [6.07, 6.45) is 7.61. The van der Waals surface area contributed by atoms with Gasteiger partial charge < -0.3 is 33.6 Å². The number of carboxylic acids is 1. The van der Waals surface area contributed by atoms with Crippen molar-refractivity contribution in [1.82, 2.24) is 0 Å². The molecule has 0 amide bonds. The normalized spacial score (nSPS) is 29.6. The molecule has 57 heavy (non-hydrogen) atoms. The molecule has 2 N–H and O–H groups in total. The molecule has 318 valence electrons. The number of esters is 2. The Hall–Kier alpha value is -3.85. The van der Waals surface area contributed by atoms with Crippen LogP contribution in [0.3, 0.4) is 0 Å². The lowest BCUT2D eigenvalue weighted by molar-refractivity contribution is -0.384. The molecular formula is C43H65NO12Si. The zero-order valence-corrected chi connectivity index (χ0v) is 36.3. The Kier molecular flexibility index (Phi) is 17.7. The molecule has 2 aliphatic heterocycles. The van der Waals surface area contributed by atoms with Gasteiger partial charge in [0.25, 0.3) is 5.69 Å². The van der Waals surface area contributed by atoms with Gasteiger partial charge in [-0.2, -0.15) is 0 Å². The molecule has 0 bridgehead atoms. The van der Waals surface area contributed by atoms with Gasteiger partial charge in [-0.15, -0.1) is 0 Å². The molecular weight excluding hydrogens is 751 g/mol. The number of epoxide rings is 1. The first kappa shape index (κ1) is 47.5. The lowest BCUT2D eigenvalue weighted by Crippen LogP contribution is -2.49. The van der Waals surface area contributed by atoms with E-state index < -0.39 is 66.9 Å². The highest BCUT2D eigenvalue weighted by molar-refractivity contribution is 6.73. The maximum absolute atomic E-state index is 14.0. The topological polar surface area (TPSA) is 184 Å². The van der Waals surface area contributed by atoms with E-state index in [0.717, 1.165) is 31.0 Å². The van der Waals surface area contributed by atoms with E-state index in [1.54, 1.807) is 31.2 Å². The van der Waals surface area contributed by atoms with E-state index in [-0.39, 0.29) is 48.7 Å². The molecule has 11 atom stereocenters. The van der Waals surface area contributed by atoms with Gasteiger partial charge in [0.05, 0.1) is 23.2 Å². The van der Waals surface area contributed by atoms with Crippen LogP contribution in [-0.2, 0) is 33.0 Å². The molecule has 1 saturated heterocycles. The number of ether oxygens (including phenoxy) is 4. The van der Waals surface area contributed by atoms with E-state index in [1.165, 1.54) is 19.1 Å². The molecule has 1 aromatic rings. The molecule has 2 heterocycles. The fourth-order valence-corrected chi connectivity index (χ4v) is 10.6. The van der Waals surface area contributed by atoms with Crippen molar-refractivity contribution < 1.29 is 52.9 Å². The Morgan fingerprint density at radius 2 is 1.72 bits per heavy atom. The van der Waals surface area contributed by atoms with E-state index >= 15 is 0 Å². The summed E-state index contributed by atoms with van der Waals surface area (Å²) in [7, 11) is -2.44. The fourth-order valence-electron chi connectivity index (χ4n) is 7.69. The van der Waals surface area contributed by atoms with Crippen LogP contribution in [0.5, 0.6) is 5.75 Å². The van der Waals surface area contributed by atoms with Gasteiger partial charge >= 0.3 is 17.9 Å². The molecule has 0 saturated carbocycles. The van der Waals surface area contributed by atoms with Gasteiger partial charge in [-0.3, -0.25) is 24.5 Å². The second-order valence-corrected chi connectivity index (χ2v) is 20.8. The summed E-state index contributed by atoms with van der Waals surface area (Å²) in [6.45, 7) is 18.7. The van der Waals surface area contributed by atoms with Gasteiger partial charge in [-0.05, 0) is 87.4 Å². The number of hydrogen-bond donors (Lipinski definition) is 2. The number of allylic oxidation sites excluding steroid dienone is 3. The smallest absolute Gasteiger partial charge is 0.323 e. The SMILES string of the molecule is CCC(Oc1ccc([N+](=O)[O-])cc1)C(C)C1OC1CC(C)/C=C/C=C(\C)C1OC(=O)C(C(=O)O)C(O[Si](CC)(CC)CC)CCC(C)(O)C(OC(C)=O)/C=C/C1C. The van der Waals surface area contributed by atoms with Crippen molar-refractivity contribution in [2.24, 2.45) is 23.7 Å². The number of carbonyl (C=O) groups is 3. The highest BCUT2D eigenvalue weighted by Gasteiger charge is 2.47. The number of cyclic esters (lactones) is 1. The Labute approximate surface area is 339 Å². The molecule has 14 heteroatoms. The first-order chi connectivity index (χ1) is 26.8. The molecule has 2 aliphatic rings. The number of nitro groups is 1. The lowest BCUT2D eigenvalue weighted by Gasteiger charge is -2.38. The number of nitrogens with zero attached hydrogens (tertiary/aromatic N) is 1. The van der Waals surface area contributed by atoms with Gasteiger partial charge in [0, 0.05) is 30.9 Å². The Morgan fingerprint density at radius 1 is 1.09 bits per heavy atom. The van der Waals surface area contributed by atoms with Crippen molar-refractivity contribution in [1.29, 1.82) is 0 Å². The van der Waals surface area contributed by atoms with Crippen molar-refractivity contribution in [2.45, 2.75) is 155 Å². The third-order valence-corrected chi connectivity index (χ3v) is 16.4. The lowest BCUT2D eigenvalue weighted by atomic mass is 9.86. The maximum atomic E-state index is 14.0. The van der Waals surface area contributed by atoms with Crippen LogP contribution in [0.15, 0.2) is 60.2 Å². The van der Waals surface area contributed by atoms with Gasteiger partial charge in [0.1, 0.15) is 29.7 Å². The third-order valence-electron chi connectivity index (χ3n) is 11.7. The second kappa shape index (κ2) is 21.2. The highest BCUT2D eigenvalue weighted by Crippen LogP contribution is 2.38. The first-order valence-corrected chi connectivity index (χ1v) is 22.9. The average molecular weight is 816 g/mol. The standard InChI is InChI=1S/C43H65NO12Si/c1-11-34(53-33-21-19-32(20-22-33)44(50)51)30(8)40-36(54-40)26-27(5)16-15-17-28(6)39-29(7)18-23-37(52-31(9)45)43(10,49)25-24-35(38(41(46)47)42(48)55-39)56-57(12-2,13-3)14-4/h15-23,27,29-30,34-40,49H,11-14,24-26H2,1-10H3,(H,46,47)/b16-15+,23-18+,28-17+. The summed E-state index contributed by atoms with van der Waals surface area (Å²) in [5, 5.41) is 33.1. The van der Waals surface area contributed by atoms with Crippen LogP contribution in [-0.4, -0.2) is 83.6 Å². The summed E-state index contributed by atoms with van der Waals surface area (Å²) in [4.78, 5) is 49.5. The fraction of sp³-hybridized carbons (Fsp3) is 0.651. The van der Waals surface area contributed by atoms with Crippen molar-refractivity contribution in [3.8, 4) is 5.75 Å². The number of non-ortho nitro benzene ring substituents is 1. The van der Waals surface area contributed by atoms with Crippen LogP contribution >= 0.6 is 0 Å². The van der Waals surface area contributed by atoms with Crippen molar-refractivity contribution in [3.63, 3.8) is 0 Å². The second-order valence-electron chi connectivity index (χ2n) is 16.1. The number of aliphatic hydroxyl groups is 1. The van der Waals surface area contributed by atoms with Crippen LogP contribution < -0.4 is 4.74 Å². The molecule has 0 radical (unpaired) electrons. The quantitative estimate of drug-likeness (QED) is 0.0211. The van der Waals surface area contributed by atoms with Crippen LogP contribution in [0.2, 0.25) is 18.1 Å². The summed E-state index contributed by atoms with van der Waals surface area (Å²) >= 11 is 0. The summed E-state index contributed by atoms with van der Waals surface area (Å²) < 4.78 is 30.6. The Morgan fingerprint density at radius 3 is 2.26 bits per heavy atom. The molecule has 0 aromatic heterocycles. The Balaban J connectivity index is 1.81. The van der Waals surface area contributed by atoms with E-state index in [1.807, 2.05) is 59.8 Å². The van der Waals surface area contributed by atoms with Crippen molar-refractivity contribution in [3.05, 3.63) is 70.3 Å². The van der Waals surface area contributed by atoms with Gasteiger partial charge in [-0.1, -0.05) is 72.8 Å². The van der Waals surface area contributed by atoms with E-state index in [9.17, 15) is 34.7 Å². The Bertz CT molecular complexity index is 1590. The number of rotatable bonds is 18. The predicted octanol–water partition coefficient (Wildman–Crippen LogP) is 8.36. The number of carboxylic acid groups (broad SMARTS) is 1. The van der Waals surface area contributed by atoms with Gasteiger partial charge in [0.15, 0.2) is 14.2 Å². The molecule has 0 aliphatic carbocycles. The molecule has 11 unspecified atom stereocenters. The van der Waals surface area contributed by atoms with E-state index in [0.29, 0.717) is 11.3 Å². The number of aliphatic carboxylic acids is 1. The molecule has 1 fully saturated rings. The number of nitro benzene ring substituents is 1. The average Bonchev–Trinajstić information content (AvgIpc) is 3.93. The van der Waals surface area contributed by atoms with Crippen LogP contribution in [0.25, 0.3) is 0 Å².